The molecule has 0 fully saturated rings. The van der Waals surface area contributed by atoms with Crippen LogP contribution in [0, 0.1) is 25.2 Å². The first-order valence-corrected chi connectivity index (χ1v) is 8.35. The fourth-order valence-corrected chi connectivity index (χ4v) is 3.09. The lowest BCUT2D eigenvalue weighted by atomic mass is 10.0. The maximum atomic E-state index is 10.1. The van der Waals surface area contributed by atoms with Crippen LogP contribution in [0.5, 0.6) is 0 Å². The van der Waals surface area contributed by atoms with Crippen molar-refractivity contribution < 1.29 is 5.11 Å². The molecular formula is C21H23N3O. The molecule has 128 valence electrons. The maximum Gasteiger partial charge on any atom is 0.0991 e. The molecule has 0 saturated heterocycles. The average molecular weight is 333 g/mol. The van der Waals surface area contributed by atoms with Crippen molar-refractivity contribution in [1.29, 1.82) is 5.26 Å². The van der Waals surface area contributed by atoms with Gasteiger partial charge in [-0.25, -0.2) is 0 Å². The van der Waals surface area contributed by atoms with E-state index in [4.69, 9.17) is 5.26 Å². The molecule has 0 amide bonds. The predicted octanol–water partition coefficient (Wildman–Crippen LogP) is 4.18. The van der Waals surface area contributed by atoms with Crippen LogP contribution in [0.3, 0.4) is 0 Å². The van der Waals surface area contributed by atoms with Gasteiger partial charge in [0.2, 0.25) is 0 Å². The van der Waals surface area contributed by atoms with E-state index in [9.17, 15) is 5.11 Å². The van der Waals surface area contributed by atoms with Crippen molar-refractivity contribution >= 4 is 0 Å². The fraction of sp³-hybridized carbons (Fsp3) is 0.286. The van der Waals surface area contributed by atoms with Gasteiger partial charge in [0, 0.05) is 34.9 Å². The SMILES string of the molecule is Cc1cc(-c2ccc(C#N)cc2)c(C)n1Cn1ccc(C(C)(C)O)c1. The highest BCUT2D eigenvalue weighted by molar-refractivity contribution is 5.68. The second-order valence-corrected chi connectivity index (χ2v) is 7.02. The smallest absolute Gasteiger partial charge is 0.0991 e. The summed E-state index contributed by atoms with van der Waals surface area (Å²) in [6.07, 6.45) is 3.98. The van der Waals surface area contributed by atoms with Gasteiger partial charge in [0.15, 0.2) is 0 Å². The Kier molecular flexibility index (Phi) is 4.28. The molecule has 0 aliphatic carbocycles. The molecule has 2 heterocycles. The molecule has 0 spiro atoms. The van der Waals surface area contributed by atoms with Gasteiger partial charge in [0.05, 0.1) is 23.9 Å². The van der Waals surface area contributed by atoms with Crippen molar-refractivity contribution in [2.75, 3.05) is 0 Å². The molecule has 3 rings (SSSR count). The molecule has 4 nitrogen and oxygen atoms in total. The Labute approximate surface area is 148 Å². The summed E-state index contributed by atoms with van der Waals surface area (Å²) in [4.78, 5) is 0. The molecule has 25 heavy (non-hydrogen) atoms. The van der Waals surface area contributed by atoms with Crippen molar-refractivity contribution in [2.24, 2.45) is 0 Å². The van der Waals surface area contributed by atoms with Gasteiger partial charge >= 0.3 is 0 Å². The minimum atomic E-state index is -0.834. The second kappa shape index (κ2) is 6.27. The normalized spacial score (nSPS) is 11.5. The van der Waals surface area contributed by atoms with Gasteiger partial charge in [0.1, 0.15) is 0 Å². The molecular weight excluding hydrogens is 310 g/mol. The van der Waals surface area contributed by atoms with Gasteiger partial charge in [-0.2, -0.15) is 5.26 Å². The van der Waals surface area contributed by atoms with E-state index in [1.165, 1.54) is 17.0 Å². The first-order valence-electron chi connectivity index (χ1n) is 8.35. The van der Waals surface area contributed by atoms with Crippen molar-refractivity contribution in [3.63, 3.8) is 0 Å². The van der Waals surface area contributed by atoms with Crippen LogP contribution in [-0.4, -0.2) is 14.2 Å². The number of aryl methyl sites for hydroxylation is 1. The van der Waals surface area contributed by atoms with Gasteiger partial charge in [-0.15, -0.1) is 0 Å². The van der Waals surface area contributed by atoms with Crippen molar-refractivity contribution in [2.45, 2.75) is 40.0 Å². The first-order chi connectivity index (χ1) is 11.8. The lowest BCUT2D eigenvalue weighted by Crippen LogP contribution is -2.15. The molecule has 0 radical (unpaired) electrons. The van der Waals surface area contributed by atoms with Crippen molar-refractivity contribution in [3.05, 3.63) is 71.3 Å². The third-order valence-corrected chi connectivity index (χ3v) is 4.66. The van der Waals surface area contributed by atoms with Crippen molar-refractivity contribution in [3.8, 4) is 17.2 Å². The van der Waals surface area contributed by atoms with Crippen LogP contribution in [0.4, 0.5) is 0 Å². The Balaban J connectivity index is 1.92. The molecule has 1 aromatic carbocycles. The van der Waals surface area contributed by atoms with Gasteiger partial charge < -0.3 is 14.2 Å². The van der Waals surface area contributed by atoms with E-state index in [1.54, 1.807) is 13.8 Å². The summed E-state index contributed by atoms with van der Waals surface area (Å²) < 4.78 is 4.33. The first kappa shape index (κ1) is 17.1. The number of nitrogens with zero attached hydrogens (tertiary/aromatic N) is 3. The number of aromatic nitrogens is 2. The standard InChI is InChI=1S/C21H23N3O/c1-15-11-20(18-7-5-17(12-22)6-8-18)16(2)24(15)14-23-10-9-19(13-23)21(3,4)25/h5-11,13,25H,14H2,1-4H3. The Hall–Kier alpha value is -2.77. The Morgan fingerprint density at radius 2 is 1.80 bits per heavy atom. The highest BCUT2D eigenvalue weighted by atomic mass is 16.3. The lowest BCUT2D eigenvalue weighted by Gasteiger charge is -2.15. The summed E-state index contributed by atoms with van der Waals surface area (Å²) in [6, 6.07) is 14.0. The van der Waals surface area contributed by atoms with E-state index in [0.717, 1.165) is 11.1 Å². The maximum absolute atomic E-state index is 10.1. The van der Waals surface area contributed by atoms with Crippen LogP contribution >= 0.6 is 0 Å². The van der Waals surface area contributed by atoms with Gasteiger partial charge in [0.25, 0.3) is 0 Å². The third-order valence-electron chi connectivity index (χ3n) is 4.66. The van der Waals surface area contributed by atoms with Gasteiger partial charge in [-0.1, -0.05) is 12.1 Å². The summed E-state index contributed by atoms with van der Waals surface area (Å²) in [5.41, 5.74) is 5.39. The van der Waals surface area contributed by atoms with Gasteiger partial charge in [-0.3, -0.25) is 0 Å². The van der Waals surface area contributed by atoms with Crippen LogP contribution < -0.4 is 0 Å². The molecule has 0 bridgehead atoms. The Morgan fingerprint density at radius 1 is 1.12 bits per heavy atom. The molecule has 0 atom stereocenters. The second-order valence-electron chi connectivity index (χ2n) is 7.02. The van der Waals surface area contributed by atoms with Gasteiger partial charge in [-0.05, 0) is 57.5 Å². The van der Waals surface area contributed by atoms with E-state index < -0.39 is 5.60 Å². The van der Waals surface area contributed by atoms with E-state index >= 15 is 0 Å². The zero-order valence-corrected chi connectivity index (χ0v) is 15.1. The number of rotatable bonds is 4. The molecule has 2 aromatic heterocycles. The van der Waals surface area contributed by atoms with Crippen LogP contribution in [0.25, 0.3) is 11.1 Å². The van der Waals surface area contributed by atoms with Crippen LogP contribution in [0.2, 0.25) is 0 Å². The number of benzene rings is 1. The minimum Gasteiger partial charge on any atom is -0.386 e. The van der Waals surface area contributed by atoms with Crippen LogP contribution in [0.1, 0.15) is 36.4 Å². The molecule has 0 saturated carbocycles. The summed E-state index contributed by atoms with van der Waals surface area (Å²) in [5.74, 6) is 0. The van der Waals surface area contributed by atoms with E-state index in [-0.39, 0.29) is 0 Å². The molecule has 1 N–H and O–H groups in total. The van der Waals surface area contributed by atoms with Crippen LogP contribution in [-0.2, 0) is 12.3 Å². The summed E-state index contributed by atoms with van der Waals surface area (Å²) in [7, 11) is 0. The van der Waals surface area contributed by atoms with E-state index in [2.05, 4.69) is 35.1 Å². The summed E-state index contributed by atoms with van der Waals surface area (Å²) in [6.45, 7) is 8.50. The minimum absolute atomic E-state index is 0.670. The zero-order valence-electron chi connectivity index (χ0n) is 15.1. The quantitative estimate of drug-likeness (QED) is 0.779. The highest BCUT2D eigenvalue weighted by Crippen LogP contribution is 2.27. The zero-order chi connectivity index (χ0) is 18.2. The summed E-state index contributed by atoms with van der Waals surface area (Å²) >= 11 is 0. The largest absolute Gasteiger partial charge is 0.386 e. The highest BCUT2D eigenvalue weighted by Gasteiger charge is 2.17. The van der Waals surface area contributed by atoms with Crippen LogP contribution in [0.15, 0.2) is 48.8 Å². The van der Waals surface area contributed by atoms with E-state index in [1.807, 2.05) is 42.7 Å². The van der Waals surface area contributed by atoms with E-state index in [0.29, 0.717) is 12.2 Å². The number of hydrogen-bond donors (Lipinski definition) is 1. The molecule has 3 aromatic rings. The molecule has 4 heteroatoms. The number of hydrogen-bond acceptors (Lipinski definition) is 2. The Morgan fingerprint density at radius 3 is 2.36 bits per heavy atom. The lowest BCUT2D eigenvalue weighted by molar-refractivity contribution is 0.0785. The monoisotopic (exact) mass is 333 g/mol. The van der Waals surface area contributed by atoms with Crippen molar-refractivity contribution in [1.82, 2.24) is 9.13 Å². The fourth-order valence-electron chi connectivity index (χ4n) is 3.09. The number of aliphatic hydroxyl groups is 1. The predicted molar refractivity (Wildman–Crippen MR) is 99.1 cm³/mol. The molecule has 0 unspecified atom stereocenters. The number of nitriles is 1. The topological polar surface area (TPSA) is 53.9 Å². The average Bonchev–Trinajstić information content (AvgIpc) is 3.15. The third kappa shape index (κ3) is 3.38. The molecule has 0 aliphatic heterocycles. The molecule has 0 aliphatic rings. The Bertz CT molecular complexity index is 931. The summed E-state index contributed by atoms with van der Waals surface area (Å²) in [5, 5.41) is 19.1.